The van der Waals surface area contributed by atoms with Gasteiger partial charge in [0, 0.05) is 16.8 Å². The molecule has 3 rings (SSSR count). The summed E-state index contributed by atoms with van der Waals surface area (Å²) >= 11 is 12.1. The molecule has 0 unspecified atom stereocenters. The van der Waals surface area contributed by atoms with Gasteiger partial charge in [0.15, 0.2) is 5.65 Å². The molecule has 3 aromatic rings. The Bertz CT molecular complexity index is 817. The zero-order valence-corrected chi connectivity index (χ0v) is 11.0. The summed E-state index contributed by atoms with van der Waals surface area (Å²) in [4.78, 5) is 4.15. The zero-order chi connectivity index (χ0) is 13.4. The van der Waals surface area contributed by atoms with Gasteiger partial charge in [-0.15, -0.1) is 0 Å². The summed E-state index contributed by atoms with van der Waals surface area (Å²) in [7, 11) is 0. The van der Waals surface area contributed by atoms with E-state index in [0.29, 0.717) is 21.3 Å². The first-order valence-electron chi connectivity index (χ1n) is 5.39. The van der Waals surface area contributed by atoms with Crippen LogP contribution in [0.25, 0.3) is 16.9 Å². The summed E-state index contributed by atoms with van der Waals surface area (Å²) in [5.74, 6) is 0. The topological polar surface area (TPSA) is 54.0 Å². The van der Waals surface area contributed by atoms with E-state index in [0.717, 1.165) is 11.3 Å². The summed E-state index contributed by atoms with van der Waals surface area (Å²) < 4.78 is 1.59. The second kappa shape index (κ2) is 4.54. The molecule has 0 aliphatic rings. The Hall–Kier alpha value is -2.09. The van der Waals surface area contributed by atoms with Crippen LogP contribution >= 0.6 is 23.2 Å². The predicted molar refractivity (Wildman–Crippen MR) is 73.2 cm³/mol. The molecule has 0 aliphatic heterocycles. The van der Waals surface area contributed by atoms with Crippen molar-refractivity contribution in [3.63, 3.8) is 0 Å². The van der Waals surface area contributed by atoms with Crippen molar-refractivity contribution in [2.45, 2.75) is 0 Å². The van der Waals surface area contributed by atoms with Crippen molar-refractivity contribution in [1.29, 1.82) is 5.26 Å². The molecule has 0 aliphatic carbocycles. The van der Waals surface area contributed by atoms with E-state index in [1.54, 1.807) is 28.9 Å². The maximum absolute atomic E-state index is 8.99. The van der Waals surface area contributed by atoms with Crippen LogP contribution in [0.15, 0.2) is 36.7 Å². The maximum atomic E-state index is 8.99. The monoisotopic (exact) mass is 288 g/mol. The van der Waals surface area contributed by atoms with Crippen LogP contribution < -0.4 is 0 Å². The molecule has 0 saturated heterocycles. The van der Waals surface area contributed by atoms with Crippen molar-refractivity contribution < 1.29 is 0 Å². The van der Waals surface area contributed by atoms with Gasteiger partial charge in [-0.25, -0.2) is 9.50 Å². The number of aromatic nitrogens is 3. The van der Waals surface area contributed by atoms with Crippen molar-refractivity contribution in [3.05, 3.63) is 52.3 Å². The van der Waals surface area contributed by atoms with E-state index < -0.39 is 0 Å². The van der Waals surface area contributed by atoms with Crippen LogP contribution in [0, 0.1) is 11.3 Å². The van der Waals surface area contributed by atoms with Crippen molar-refractivity contribution in [3.8, 4) is 17.3 Å². The van der Waals surface area contributed by atoms with Gasteiger partial charge in [0.25, 0.3) is 0 Å². The Morgan fingerprint density at radius 1 is 1.21 bits per heavy atom. The van der Waals surface area contributed by atoms with Gasteiger partial charge in [0.2, 0.25) is 0 Å². The van der Waals surface area contributed by atoms with Crippen LogP contribution in [-0.2, 0) is 0 Å². The molecule has 0 N–H and O–H groups in total. The summed E-state index contributed by atoms with van der Waals surface area (Å²) in [6.07, 6.45) is 3.10. The molecule has 92 valence electrons. The quantitative estimate of drug-likeness (QED) is 0.688. The fourth-order valence-corrected chi connectivity index (χ4v) is 2.38. The van der Waals surface area contributed by atoms with E-state index >= 15 is 0 Å². The highest BCUT2D eigenvalue weighted by molar-refractivity contribution is 6.36. The number of nitriles is 1. The Morgan fingerprint density at radius 2 is 2.05 bits per heavy atom. The molecule has 2 heterocycles. The van der Waals surface area contributed by atoms with Gasteiger partial charge in [-0.05, 0) is 24.3 Å². The van der Waals surface area contributed by atoms with Gasteiger partial charge in [0.1, 0.15) is 11.6 Å². The van der Waals surface area contributed by atoms with E-state index in [9.17, 15) is 0 Å². The molecular formula is C13H6Cl2N4. The first-order chi connectivity index (χ1) is 9.20. The van der Waals surface area contributed by atoms with Crippen LogP contribution in [0.4, 0.5) is 0 Å². The lowest BCUT2D eigenvalue weighted by Gasteiger charge is -2.06. The Balaban J connectivity index is 2.31. The number of hydrogen-bond acceptors (Lipinski definition) is 3. The molecule has 19 heavy (non-hydrogen) atoms. The number of nitrogens with zero attached hydrogens (tertiary/aromatic N) is 4. The lowest BCUT2D eigenvalue weighted by molar-refractivity contribution is 0.948. The van der Waals surface area contributed by atoms with E-state index in [2.05, 4.69) is 16.2 Å². The molecule has 0 fully saturated rings. The van der Waals surface area contributed by atoms with Gasteiger partial charge in [-0.2, -0.15) is 10.4 Å². The molecule has 2 aromatic heterocycles. The minimum Gasteiger partial charge on any atom is -0.236 e. The smallest absolute Gasteiger partial charge is 0.173 e. The van der Waals surface area contributed by atoms with Crippen LogP contribution in [0.2, 0.25) is 10.0 Å². The number of rotatable bonds is 1. The highest BCUT2D eigenvalue weighted by Gasteiger charge is 2.12. The first kappa shape index (κ1) is 12.0. The van der Waals surface area contributed by atoms with Crippen LogP contribution in [0.3, 0.4) is 0 Å². The van der Waals surface area contributed by atoms with Gasteiger partial charge in [-0.1, -0.05) is 23.2 Å². The molecule has 0 saturated carbocycles. The largest absolute Gasteiger partial charge is 0.236 e. The number of benzene rings is 1. The minimum atomic E-state index is 0.423. The molecule has 0 atom stereocenters. The van der Waals surface area contributed by atoms with Crippen LogP contribution in [0.5, 0.6) is 0 Å². The molecule has 1 aromatic carbocycles. The normalized spacial score (nSPS) is 10.6. The third-order valence-corrected chi connectivity index (χ3v) is 3.28. The van der Waals surface area contributed by atoms with Crippen molar-refractivity contribution in [1.82, 2.24) is 14.6 Å². The third-order valence-electron chi connectivity index (χ3n) is 2.73. The second-order valence-electron chi connectivity index (χ2n) is 3.86. The Kier molecular flexibility index (Phi) is 2.86. The molecular weight excluding hydrogens is 283 g/mol. The standard InChI is InChI=1S/C13H6Cl2N4/c14-9-1-2-10(11(15)5-9)12-3-4-17-13-8(6-16)7-18-19(12)13/h1-5,7H. The average molecular weight is 289 g/mol. The van der Waals surface area contributed by atoms with Crippen LogP contribution in [0.1, 0.15) is 5.56 Å². The Morgan fingerprint density at radius 3 is 2.79 bits per heavy atom. The lowest BCUT2D eigenvalue weighted by atomic mass is 10.1. The van der Waals surface area contributed by atoms with E-state index in [1.165, 1.54) is 6.20 Å². The van der Waals surface area contributed by atoms with Gasteiger partial charge in [-0.3, -0.25) is 0 Å². The van der Waals surface area contributed by atoms with Gasteiger partial charge < -0.3 is 0 Å². The molecule has 0 amide bonds. The lowest BCUT2D eigenvalue weighted by Crippen LogP contribution is -1.96. The third kappa shape index (κ3) is 1.93. The summed E-state index contributed by atoms with van der Waals surface area (Å²) in [5.41, 5.74) is 2.47. The summed E-state index contributed by atoms with van der Waals surface area (Å²) in [6, 6.07) is 9.07. The second-order valence-corrected chi connectivity index (χ2v) is 4.70. The predicted octanol–water partition coefficient (Wildman–Crippen LogP) is 3.57. The van der Waals surface area contributed by atoms with Crippen LogP contribution in [-0.4, -0.2) is 14.6 Å². The van der Waals surface area contributed by atoms with E-state index in [-0.39, 0.29) is 0 Å². The number of hydrogen-bond donors (Lipinski definition) is 0. The van der Waals surface area contributed by atoms with Gasteiger partial charge >= 0.3 is 0 Å². The number of fused-ring (bicyclic) bond motifs is 1. The van der Waals surface area contributed by atoms with Crippen molar-refractivity contribution in [2.24, 2.45) is 0 Å². The summed E-state index contributed by atoms with van der Waals surface area (Å²) in [6.45, 7) is 0. The summed E-state index contributed by atoms with van der Waals surface area (Å²) in [5, 5.41) is 14.2. The molecule has 0 spiro atoms. The SMILES string of the molecule is N#Cc1cnn2c(-c3ccc(Cl)cc3Cl)ccnc12. The minimum absolute atomic E-state index is 0.423. The zero-order valence-electron chi connectivity index (χ0n) is 9.51. The molecule has 4 nitrogen and oxygen atoms in total. The highest BCUT2D eigenvalue weighted by atomic mass is 35.5. The van der Waals surface area contributed by atoms with Crippen molar-refractivity contribution >= 4 is 28.8 Å². The van der Waals surface area contributed by atoms with Gasteiger partial charge in [0.05, 0.1) is 16.9 Å². The fraction of sp³-hybridized carbons (Fsp3) is 0. The highest BCUT2D eigenvalue weighted by Crippen LogP contribution is 2.30. The average Bonchev–Trinajstić information content (AvgIpc) is 2.82. The molecule has 0 radical (unpaired) electrons. The van der Waals surface area contributed by atoms with E-state index in [4.69, 9.17) is 28.5 Å². The van der Waals surface area contributed by atoms with Crippen molar-refractivity contribution in [2.75, 3.05) is 0 Å². The van der Waals surface area contributed by atoms with E-state index in [1.807, 2.05) is 6.07 Å². The number of halogens is 2. The maximum Gasteiger partial charge on any atom is 0.173 e. The Labute approximate surface area is 118 Å². The first-order valence-corrected chi connectivity index (χ1v) is 6.14. The fourth-order valence-electron chi connectivity index (χ4n) is 1.87. The molecule has 6 heteroatoms. The molecule has 0 bridgehead atoms.